The molecular formula is C31H44N4O6. The summed E-state index contributed by atoms with van der Waals surface area (Å²) in [6.07, 6.45) is 8.26. The van der Waals surface area contributed by atoms with Crippen LogP contribution in [-0.2, 0) is 25.6 Å². The number of anilines is 1. The highest BCUT2D eigenvalue weighted by atomic mass is 16.6. The van der Waals surface area contributed by atoms with E-state index in [0.717, 1.165) is 75.8 Å². The number of rotatable bonds is 8. The van der Waals surface area contributed by atoms with Crippen LogP contribution in [0.3, 0.4) is 0 Å². The van der Waals surface area contributed by atoms with Crippen molar-refractivity contribution in [1.82, 2.24) is 15.5 Å². The van der Waals surface area contributed by atoms with Crippen molar-refractivity contribution >= 4 is 29.5 Å². The Morgan fingerprint density at radius 1 is 1.12 bits per heavy atom. The van der Waals surface area contributed by atoms with Crippen molar-refractivity contribution in [2.45, 2.75) is 121 Å². The van der Waals surface area contributed by atoms with Gasteiger partial charge in [-0.25, -0.2) is 4.79 Å². The number of hydrogen-bond acceptors (Lipinski definition) is 7. The molecule has 1 aliphatic carbocycles. The molecule has 5 rings (SSSR count). The minimum absolute atomic E-state index is 0.0703. The number of carbonyl (C=O) groups excluding carboxylic acids is 4. The molecule has 3 heterocycles. The Balaban J connectivity index is 1.31. The van der Waals surface area contributed by atoms with Gasteiger partial charge in [0.1, 0.15) is 11.6 Å². The summed E-state index contributed by atoms with van der Waals surface area (Å²) in [5.74, 6) is -0.834. The molecule has 3 aliphatic heterocycles. The van der Waals surface area contributed by atoms with Crippen LogP contribution < -0.4 is 15.5 Å². The van der Waals surface area contributed by atoms with Crippen molar-refractivity contribution in [1.29, 1.82) is 0 Å². The van der Waals surface area contributed by atoms with E-state index >= 15 is 0 Å². The summed E-state index contributed by atoms with van der Waals surface area (Å²) in [6.45, 7) is 7.63. The topological polar surface area (TPSA) is 117 Å². The van der Waals surface area contributed by atoms with Gasteiger partial charge in [-0.15, -0.1) is 0 Å². The molecule has 0 bridgehead atoms. The van der Waals surface area contributed by atoms with E-state index in [1.807, 2.05) is 32.9 Å². The van der Waals surface area contributed by atoms with Crippen molar-refractivity contribution < 1.29 is 28.7 Å². The number of imide groups is 1. The molecule has 1 aromatic rings. The van der Waals surface area contributed by atoms with Gasteiger partial charge in [0.05, 0.1) is 6.10 Å². The normalized spacial score (nSPS) is 26.5. The molecule has 0 radical (unpaired) electrons. The molecule has 2 unspecified atom stereocenters. The van der Waals surface area contributed by atoms with Gasteiger partial charge in [0.2, 0.25) is 11.8 Å². The molecule has 10 nitrogen and oxygen atoms in total. The standard InChI is InChI=1S/C31H44N4O6/c1-31(2,3)41-30(39)32-20-11-13-21(14-12-20)34(17-5-7-22-8-6-18-40-22)25-10-4-9-23-24(25)19-35(29(23)38)26-15-16-27(36)33-28(26)37/h4,9-10,20-22,26H,5-8,11-19H2,1-3H3,(H,32,39)(H,33,36,37). The van der Waals surface area contributed by atoms with Crippen molar-refractivity contribution in [2.75, 3.05) is 18.1 Å². The average molecular weight is 569 g/mol. The maximum absolute atomic E-state index is 13.5. The lowest BCUT2D eigenvalue weighted by atomic mass is 9.89. The van der Waals surface area contributed by atoms with E-state index in [-0.39, 0.29) is 36.4 Å². The summed E-state index contributed by atoms with van der Waals surface area (Å²) < 4.78 is 11.3. The number of ether oxygens (including phenoxy) is 2. The smallest absolute Gasteiger partial charge is 0.407 e. The summed E-state index contributed by atoms with van der Waals surface area (Å²) in [5, 5.41) is 5.44. The van der Waals surface area contributed by atoms with Crippen LogP contribution in [0.5, 0.6) is 0 Å². The second kappa shape index (κ2) is 12.4. The zero-order valence-electron chi connectivity index (χ0n) is 24.6. The van der Waals surface area contributed by atoms with Gasteiger partial charge >= 0.3 is 6.09 Å². The van der Waals surface area contributed by atoms with E-state index in [4.69, 9.17) is 9.47 Å². The molecular weight excluding hydrogens is 524 g/mol. The second-order valence-electron chi connectivity index (χ2n) is 12.8. The first-order valence-corrected chi connectivity index (χ1v) is 15.2. The summed E-state index contributed by atoms with van der Waals surface area (Å²) in [5.41, 5.74) is 2.10. The fourth-order valence-corrected chi connectivity index (χ4v) is 6.71. The highest BCUT2D eigenvalue weighted by molar-refractivity contribution is 6.06. The fraction of sp³-hybridized carbons (Fsp3) is 0.677. The Morgan fingerprint density at radius 2 is 1.90 bits per heavy atom. The molecule has 2 N–H and O–H groups in total. The average Bonchev–Trinajstić information content (AvgIpc) is 3.54. The Labute approximate surface area is 242 Å². The maximum Gasteiger partial charge on any atom is 0.407 e. The van der Waals surface area contributed by atoms with Crippen LogP contribution in [0.2, 0.25) is 0 Å². The van der Waals surface area contributed by atoms with Crippen molar-refractivity contribution in [3.8, 4) is 0 Å². The lowest BCUT2D eigenvalue weighted by Gasteiger charge is -2.40. The van der Waals surface area contributed by atoms with E-state index in [2.05, 4.69) is 21.6 Å². The van der Waals surface area contributed by atoms with Gasteiger partial charge in [-0.05, 0) is 90.7 Å². The van der Waals surface area contributed by atoms with Crippen LogP contribution >= 0.6 is 0 Å². The van der Waals surface area contributed by atoms with E-state index in [9.17, 15) is 19.2 Å². The van der Waals surface area contributed by atoms with Gasteiger partial charge in [-0.2, -0.15) is 0 Å². The number of hydrogen-bond donors (Lipinski definition) is 2. The first-order chi connectivity index (χ1) is 19.6. The second-order valence-corrected chi connectivity index (χ2v) is 12.8. The Kier molecular flexibility index (Phi) is 8.87. The Morgan fingerprint density at radius 3 is 2.59 bits per heavy atom. The van der Waals surface area contributed by atoms with Crippen LogP contribution in [0.1, 0.15) is 101 Å². The number of nitrogens with one attached hydrogen (secondary N) is 2. The molecule has 1 saturated carbocycles. The number of fused-ring (bicyclic) bond motifs is 1. The molecule has 2 atom stereocenters. The maximum atomic E-state index is 13.5. The van der Waals surface area contributed by atoms with E-state index in [1.165, 1.54) is 0 Å². The summed E-state index contributed by atoms with van der Waals surface area (Å²) in [4.78, 5) is 54.2. The van der Waals surface area contributed by atoms with Crippen LogP contribution in [0.15, 0.2) is 18.2 Å². The highest BCUT2D eigenvalue weighted by Gasteiger charge is 2.41. The third kappa shape index (κ3) is 7.02. The lowest BCUT2D eigenvalue weighted by molar-refractivity contribution is -0.136. The van der Waals surface area contributed by atoms with Gasteiger partial charge in [0.15, 0.2) is 0 Å². The van der Waals surface area contributed by atoms with Crippen molar-refractivity contribution in [3.63, 3.8) is 0 Å². The highest BCUT2D eigenvalue weighted by Crippen LogP contribution is 2.37. The first-order valence-electron chi connectivity index (χ1n) is 15.2. The summed E-state index contributed by atoms with van der Waals surface area (Å²) in [7, 11) is 0. The first kappa shape index (κ1) is 29.4. The van der Waals surface area contributed by atoms with Crippen LogP contribution in [0.25, 0.3) is 0 Å². The quantitative estimate of drug-likeness (QED) is 0.455. The summed E-state index contributed by atoms with van der Waals surface area (Å²) in [6, 6.07) is 5.57. The Bertz CT molecular complexity index is 1150. The number of alkyl carbamates (subject to hydrolysis) is 1. The SMILES string of the molecule is CC(C)(C)OC(=O)NC1CCC(N(CCCC2CCCO2)c2cccc3c2CN(C2CCC(=O)NC2=O)C3=O)CC1. The Hall–Kier alpha value is -3.14. The van der Waals surface area contributed by atoms with Gasteiger partial charge in [-0.1, -0.05) is 6.07 Å². The fourth-order valence-electron chi connectivity index (χ4n) is 6.71. The molecule has 0 aromatic heterocycles. The minimum atomic E-state index is -0.636. The molecule has 0 spiro atoms. The molecule has 4 aliphatic rings. The molecule has 10 heteroatoms. The van der Waals surface area contributed by atoms with Gasteiger partial charge in [0.25, 0.3) is 5.91 Å². The predicted molar refractivity (Wildman–Crippen MR) is 153 cm³/mol. The zero-order valence-corrected chi connectivity index (χ0v) is 24.6. The van der Waals surface area contributed by atoms with Gasteiger partial charge in [0, 0.05) is 55.0 Å². The van der Waals surface area contributed by atoms with Gasteiger partial charge < -0.3 is 24.6 Å². The van der Waals surface area contributed by atoms with Crippen LogP contribution in [0, 0.1) is 0 Å². The summed E-state index contributed by atoms with van der Waals surface area (Å²) >= 11 is 0. The number of benzene rings is 1. The van der Waals surface area contributed by atoms with Crippen molar-refractivity contribution in [3.05, 3.63) is 29.3 Å². The number of amides is 4. The number of piperidine rings is 1. The number of nitrogens with zero attached hydrogens (tertiary/aromatic N) is 2. The van der Waals surface area contributed by atoms with Gasteiger partial charge in [-0.3, -0.25) is 19.7 Å². The van der Waals surface area contributed by atoms with Crippen LogP contribution in [0.4, 0.5) is 10.5 Å². The predicted octanol–water partition coefficient (Wildman–Crippen LogP) is 4.05. The van der Waals surface area contributed by atoms with E-state index < -0.39 is 17.6 Å². The molecule has 4 amide bonds. The van der Waals surface area contributed by atoms with E-state index in [0.29, 0.717) is 24.6 Å². The molecule has 2 saturated heterocycles. The molecule has 224 valence electrons. The third-order valence-corrected chi connectivity index (χ3v) is 8.67. The van der Waals surface area contributed by atoms with Crippen molar-refractivity contribution in [2.24, 2.45) is 0 Å². The minimum Gasteiger partial charge on any atom is -0.444 e. The monoisotopic (exact) mass is 568 g/mol. The van der Waals surface area contributed by atoms with E-state index in [1.54, 1.807) is 4.90 Å². The zero-order chi connectivity index (χ0) is 29.1. The third-order valence-electron chi connectivity index (χ3n) is 8.67. The molecule has 41 heavy (non-hydrogen) atoms. The number of carbonyl (C=O) groups is 4. The largest absolute Gasteiger partial charge is 0.444 e. The van der Waals surface area contributed by atoms with Crippen LogP contribution in [-0.4, -0.2) is 71.7 Å². The lowest BCUT2D eigenvalue weighted by Crippen LogP contribution is -2.52. The molecule has 3 fully saturated rings. The molecule has 1 aromatic carbocycles.